The smallest absolute Gasteiger partial charge is 0.266 e. The van der Waals surface area contributed by atoms with Gasteiger partial charge in [0.2, 0.25) is 0 Å². The van der Waals surface area contributed by atoms with Crippen LogP contribution in [0.3, 0.4) is 0 Å². The van der Waals surface area contributed by atoms with E-state index in [0.717, 1.165) is 49.4 Å². The number of hydrogen-bond donors (Lipinski definition) is 0. The van der Waals surface area contributed by atoms with E-state index in [2.05, 4.69) is 6.58 Å². The van der Waals surface area contributed by atoms with E-state index >= 15 is 0 Å². The average molecular weight is 507 g/mol. The molecular formula is C32H52F2O2. The monoisotopic (exact) mass is 506 g/mol. The van der Waals surface area contributed by atoms with E-state index in [1.165, 1.54) is 103 Å². The van der Waals surface area contributed by atoms with E-state index in [1.54, 1.807) is 0 Å². The van der Waals surface area contributed by atoms with Gasteiger partial charge < -0.3 is 9.47 Å². The van der Waals surface area contributed by atoms with E-state index in [4.69, 9.17) is 9.47 Å². The highest BCUT2D eigenvalue weighted by atomic mass is 19.3. The topological polar surface area (TPSA) is 18.5 Å². The van der Waals surface area contributed by atoms with Crippen molar-refractivity contribution in [3.63, 3.8) is 0 Å². The van der Waals surface area contributed by atoms with Gasteiger partial charge >= 0.3 is 0 Å². The predicted molar refractivity (Wildman–Crippen MR) is 144 cm³/mol. The Bertz CT molecular complexity index is 643. The van der Waals surface area contributed by atoms with Crippen molar-refractivity contribution in [1.29, 1.82) is 0 Å². The van der Waals surface area contributed by atoms with Crippen molar-refractivity contribution < 1.29 is 18.3 Å². The largest absolute Gasteiger partial charge is 0.352 e. The van der Waals surface area contributed by atoms with Crippen molar-refractivity contribution in [2.45, 2.75) is 122 Å². The Morgan fingerprint density at radius 3 is 1.53 bits per heavy atom. The first kappa shape index (κ1) is 28.3. The number of hydrogen-bond acceptors (Lipinski definition) is 2. The Balaban J connectivity index is 1.01. The van der Waals surface area contributed by atoms with Crippen LogP contribution in [-0.4, -0.2) is 19.5 Å². The van der Waals surface area contributed by atoms with Crippen LogP contribution in [0.4, 0.5) is 8.78 Å². The molecule has 1 heterocycles. The molecule has 36 heavy (non-hydrogen) atoms. The molecule has 1 saturated heterocycles. The van der Waals surface area contributed by atoms with Gasteiger partial charge in [0.15, 0.2) is 6.29 Å². The summed E-state index contributed by atoms with van der Waals surface area (Å²) in [4.78, 5) is 0. The summed E-state index contributed by atoms with van der Waals surface area (Å²) >= 11 is 0. The maximum absolute atomic E-state index is 12.2. The fourth-order valence-corrected chi connectivity index (χ4v) is 7.88. The average Bonchev–Trinajstić information content (AvgIpc) is 2.92. The molecular weight excluding hydrogens is 454 g/mol. The maximum Gasteiger partial charge on any atom is 0.266 e. The van der Waals surface area contributed by atoms with Gasteiger partial charge in [0.1, 0.15) is 0 Å². The zero-order valence-corrected chi connectivity index (χ0v) is 22.7. The molecule has 3 saturated carbocycles. The summed E-state index contributed by atoms with van der Waals surface area (Å²) in [5.74, 6) is 5.39. The first-order valence-electron chi connectivity index (χ1n) is 15.5. The van der Waals surface area contributed by atoms with Crippen molar-refractivity contribution in [3.8, 4) is 0 Å². The Kier molecular flexibility index (Phi) is 11.8. The van der Waals surface area contributed by atoms with E-state index in [1.807, 2.05) is 6.08 Å². The molecule has 0 spiro atoms. The van der Waals surface area contributed by atoms with Gasteiger partial charge in [0.25, 0.3) is 6.08 Å². The molecule has 4 heteroatoms. The lowest BCUT2D eigenvalue weighted by Gasteiger charge is -2.38. The van der Waals surface area contributed by atoms with E-state index in [-0.39, 0.29) is 6.29 Å². The van der Waals surface area contributed by atoms with Crippen molar-refractivity contribution in [2.75, 3.05) is 13.2 Å². The van der Waals surface area contributed by atoms with Gasteiger partial charge in [-0.25, -0.2) is 0 Å². The fraction of sp³-hybridized carbons (Fsp3) is 0.875. The number of rotatable bonds is 11. The molecule has 0 unspecified atom stereocenters. The molecule has 0 N–H and O–H groups in total. The van der Waals surface area contributed by atoms with Crippen molar-refractivity contribution in [1.82, 2.24) is 0 Å². The second-order valence-corrected chi connectivity index (χ2v) is 12.7. The molecule has 4 aliphatic rings. The molecule has 0 bridgehead atoms. The first-order chi connectivity index (χ1) is 17.6. The molecule has 3 aliphatic carbocycles. The molecule has 0 aromatic heterocycles. The third-order valence-electron chi connectivity index (χ3n) is 10.4. The second-order valence-electron chi connectivity index (χ2n) is 12.7. The Hall–Kier alpha value is -0.740. The highest BCUT2D eigenvalue weighted by molar-refractivity contribution is 4.86. The van der Waals surface area contributed by atoms with E-state index < -0.39 is 6.08 Å². The van der Waals surface area contributed by atoms with Crippen LogP contribution in [0.2, 0.25) is 0 Å². The minimum Gasteiger partial charge on any atom is -0.352 e. The normalized spacial score (nSPS) is 37.8. The molecule has 0 amide bonds. The van der Waals surface area contributed by atoms with Crippen molar-refractivity contribution in [3.05, 3.63) is 24.8 Å². The third-order valence-corrected chi connectivity index (χ3v) is 10.4. The van der Waals surface area contributed by atoms with E-state index in [0.29, 0.717) is 24.2 Å². The molecule has 0 atom stereocenters. The lowest BCUT2D eigenvalue weighted by Crippen LogP contribution is -2.37. The number of ether oxygens (including phenoxy) is 2. The lowest BCUT2D eigenvalue weighted by atomic mass is 9.68. The summed E-state index contributed by atoms with van der Waals surface area (Å²) in [5, 5.41) is 0. The van der Waals surface area contributed by atoms with Crippen molar-refractivity contribution >= 4 is 0 Å². The summed E-state index contributed by atoms with van der Waals surface area (Å²) in [6.45, 7) is 5.41. The quantitative estimate of drug-likeness (QED) is 0.205. The number of halogens is 2. The minimum absolute atomic E-state index is 0.0306. The Morgan fingerprint density at radius 2 is 1.08 bits per heavy atom. The van der Waals surface area contributed by atoms with Gasteiger partial charge in [-0.05, 0) is 99.9 Å². The standard InChI is InChI=1S/C32H52F2O2/c1-2-24-22-35-32(36-23-24)30-20-14-26(15-21-30)7-4-3-6-25-10-16-28(17-11-25)29-18-12-27(13-19-29)8-5-9-31(33)34/h2,9,24-30,32H,1,3-8,10-23H2. The lowest BCUT2D eigenvalue weighted by molar-refractivity contribution is -0.222. The summed E-state index contributed by atoms with van der Waals surface area (Å²) in [7, 11) is 0. The van der Waals surface area contributed by atoms with Gasteiger partial charge in [-0.15, -0.1) is 6.58 Å². The third kappa shape index (κ3) is 8.93. The van der Waals surface area contributed by atoms with Crippen LogP contribution in [0.25, 0.3) is 0 Å². The molecule has 2 nitrogen and oxygen atoms in total. The summed E-state index contributed by atoms with van der Waals surface area (Å²) in [5.41, 5.74) is 0. The molecule has 4 fully saturated rings. The highest BCUT2D eigenvalue weighted by Crippen LogP contribution is 2.43. The predicted octanol–water partition coefficient (Wildman–Crippen LogP) is 9.70. The van der Waals surface area contributed by atoms with Gasteiger partial charge in [-0.2, -0.15) is 8.78 Å². The van der Waals surface area contributed by atoms with Crippen LogP contribution in [0.1, 0.15) is 116 Å². The SMILES string of the molecule is C=CC1COC(C2CCC(CCCCC3CCC(C4CCC(CCC=C(F)F)CC4)CC3)CC2)OC1. The van der Waals surface area contributed by atoms with Crippen LogP contribution >= 0.6 is 0 Å². The fourth-order valence-electron chi connectivity index (χ4n) is 7.88. The Morgan fingerprint density at radius 1 is 0.639 bits per heavy atom. The van der Waals surface area contributed by atoms with Crippen LogP contribution in [0.15, 0.2) is 24.8 Å². The summed E-state index contributed by atoms with van der Waals surface area (Å²) in [6, 6.07) is 0. The second kappa shape index (κ2) is 15.0. The Labute approximate surface area is 219 Å². The maximum atomic E-state index is 12.2. The number of unbranched alkanes of at least 4 members (excludes halogenated alkanes) is 1. The van der Waals surface area contributed by atoms with Gasteiger partial charge in [-0.1, -0.05) is 57.4 Å². The molecule has 0 aromatic rings. The molecule has 1 aliphatic heterocycles. The molecule has 0 radical (unpaired) electrons. The van der Waals surface area contributed by atoms with Crippen LogP contribution in [0.5, 0.6) is 0 Å². The van der Waals surface area contributed by atoms with Crippen LogP contribution < -0.4 is 0 Å². The first-order valence-corrected chi connectivity index (χ1v) is 15.5. The zero-order chi connectivity index (χ0) is 25.2. The molecule has 206 valence electrons. The number of allylic oxidation sites excluding steroid dienone is 1. The van der Waals surface area contributed by atoms with Crippen LogP contribution in [-0.2, 0) is 9.47 Å². The van der Waals surface area contributed by atoms with Gasteiger partial charge in [-0.3, -0.25) is 0 Å². The summed E-state index contributed by atoms with van der Waals surface area (Å²) < 4.78 is 36.5. The van der Waals surface area contributed by atoms with Crippen molar-refractivity contribution in [2.24, 2.45) is 41.4 Å². The highest BCUT2D eigenvalue weighted by Gasteiger charge is 2.32. The summed E-state index contributed by atoms with van der Waals surface area (Å²) in [6.07, 6.45) is 25.1. The van der Waals surface area contributed by atoms with E-state index in [9.17, 15) is 8.78 Å². The minimum atomic E-state index is -1.51. The molecule has 4 rings (SSSR count). The zero-order valence-electron chi connectivity index (χ0n) is 22.7. The van der Waals surface area contributed by atoms with Gasteiger partial charge in [0, 0.05) is 11.8 Å². The molecule has 0 aromatic carbocycles. The van der Waals surface area contributed by atoms with Gasteiger partial charge in [0.05, 0.1) is 13.2 Å². The van der Waals surface area contributed by atoms with Crippen LogP contribution in [0, 0.1) is 41.4 Å².